The van der Waals surface area contributed by atoms with Crippen molar-refractivity contribution in [2.45, 2.75) is 51.0 Å². The first-order valence-corrected chi connectivity index (χ1v) is 10.0. The minimum atomic E-state index is 0.174. The number of nitrogens with two attached hydrogens (primary N) is 1. The molecule has 4 heteroatoms. The summed E-state index contributed by atoms with van der Waals surface area (Å²) >= 11 is 0. The molecule has 0 spiro atoms. The monoisotopic (exact) mass is 343 g/mol. The summed E-state index contributed by atoms with van der Waals surface area (Å²) in [7, 11) is 0. The molecule has 1 aromatic carbocycles. The van der Waals surface area contributed by atoms with Gasteiger partial charge in [-0.1, -0.05) is 36.8 Å². The maximum atomic E-state index is 12.8. The highest BCUT2D eigenvalue weighted by atomic mass is 16.2. The van der Waals surface area contributed by atoms with E-state index in [1.54, 1.807) is 0 Å². The molecule has 0 radical (unpaired) electrons. The molecule has 1 amide bonds. The van der Waals surface area contributed by atoms with E-state index >= 15 is 0 Å². The van der Waals surface area contributed by atoms with Gasteiger partial charge in [-0.25, -0.2) is 0 Å². The average molecular weight is 344 g/mol. The van der Waals surface area contributed by atoms with Gasteiger partial charge in [-0.2, -0.15) is 0 Å². The van der Waals surface area contributed by atoms with Crippen molar-refractivity contribution in [2.24, 2.45) is 11.7 Å². The first kappa shape index (κ1) is 18.4. The third-order valence-corrected chi connectivity index (χ3v) is 5.75. The van der Waals surface area contributed by atoms with E-state index in [-0.39, 0.29) is 12.0 Å². The second-order valence-corrected chi connectivity index (χ2v) is 7.73. The normalized spacial score (nSPS) is 25.6. The Labute approximate surface area is 152 Å². The Hall–Kier alpha value is -1.39. The molecule has 2 aliphatic rings. The quantitative estimate of drug-likeness (QED) is 0.894. The molecule has 1 saturated heterocycles. The van der Waals surface area contributed by atoms with Crippen LogP contribution in [0.15, 0.2) is 30.3 Å². The molecular formula is C21H33N3O. The van der Waals surface area contributed by atoms with Crippen LogP contribution in [0.25, 0.3) is 0 Å². The molecule has 2 N–H and O–H groups in total. The molecule has 3 rings (SSSR count). The van der Waals surface area contributed by atoms with Gasteiger partial charge >= 0.3 is 0 Å². The van der Waals surface area contributed by atoms with Gasteiger partial charge in [-0.3, -0.25) is 4.79 Å². The Kier molecular flexibility index (Phi) is 6.88. The Morgan fingerprint density at radius 3 is 2.68 bits per heavy atom. The molecule has 0 unspecified atom stereocenters. The van der Waals surface area contributed by atoms with E-state index in [0.29, 0.717) is 5.91 Å². The predicted molar refractivity (Wildman–Crippen MR) is 102 cm³/mol. The van der Waals surface area contributed by atoms with Gasteiger partial charge in [0.1, 0.15) is 0 Å². The van der Waals surface area contributed by atoms with Crippen LogP contribution in [0.4, 0.5) is 0 Å². The zero-order valence-electron chi connectivity index (χ0n) is 15.4. The number of amides is 1. The van der Waals surface area contributed by atoms with Crippen molar-refractivity contribution in [2.75, 3.05) is 32.7 Å². The Bertz CT molecular complexity index is 533. The van der Waals surface area contributed by atoms with Gasteiger partial charge in [0.2, 0.25) is 5.91 Å². The smallest absolute Gasteiger partial charge is 0.225 e. The summed E-state index contributed by atoms with van der Waals surface area (Å²) in [5.74, 6) is 0.537. The Balaban J connectivity index is 1.41. The molecule has 2 atom stereocenters. The van der Waals surface area contributed by atoms with Gasteiger partial charge < -0.3 is 15.5 Å². The van der Waals surface area contributed by atoms with Gasteiger partial charge in [-0.05, 0) is 57.2 Å². The third-order valence-electron chi connectivity index (χ3n) is 5.75. The summed E-state index contributed by atoms with van der Waals surface area (Å²) in [5, 5.41) is 0. The summed E-state index contributed by atoms with van der Waals surface area (Å²) in [6.07, 6.45) is 7.53. The topological polar surface area (TPSA) is 49.6 Å². The van der Waals surface area contributed by atoms with Crippen LogP contribution < -0.4 is 5.73 Å². The highest BCUT2D eigenvalue weighted by molar-refractivity contribution is 5.79. The van der Waals surface area contributed by atoms with E-state index in [9.17, 15) is 4.79 Å². The number of hydrogen-bond acceptors (Lipinski definition) is 3. The highest BCUT2D eigenvalue weighted by Crippen LogP contribution is 2.25. The van der Waals surface area contributed by atoms with Crippen LogP contribution in [0.1, 0.15) is 44.1 Å². The van der Waals surface area contributed by atoms with Gasteiger partial charge in [0.25, 0.3) is 0 Å². The minimum Gasteiger partial charge on any atom is -0.341 e. The van der Waals surface area contributed by atoms with E-state index < -0.39 is 0 Å². The number of nitrogens with zero attached hydrogens (tertiary/aromatic N) is 2. The fourth-order valence-corrected chi connectivity index (χ4v) is 4.28. The summed E-state index contributed by atoms with van der Waals surface area (Å²) in [6, 6.07) is 10.9. The van der Waals surface area contributed by atoms with E-state index in [1.807, 2.05) is 0 Å². The number of carbonyl (C=O) groups is 1. The van der Waals surface area contributed by atoms with Gasteiger partial charge in [0.05, 0.1) is 0 Å². The molecule has 0 bridgehead atoms. The third kappa shape index (κ3) is 5.55. The van der Waals surface area contributed by atoms with Crippen LogP contribution in [0.3, 0.4) is 0 Å². The number of benzene rings is 1. The first-order valence-electron chi connectivity index (χ1n) is 10.0. The zero-order valence-corrected chi connectivity index (χ0v) is 15.4. The Morgan fingerprint density at radius 2 is 1.88 bits per heavy atom. The second-order valence-electron chi connectivity index (χ2n) is 7.73. The number of aryl methyl sites for hydroxylation is 1. The largest absolute Gasteiger partial charge is 0.341 e. The van der Waals surface area contributed by atoms with Crippen LogP contribution in [0.5, 0.6) is 0 Å². The van der Waals surface area contributed by atoms with Crippen molar-refractivity contribution in [3.05, 3.63) is 35.9 Å². The molecule has 1 aliphatic carbocycles. The van der Waals surface area contributed by atoms with Crippen LogP contribution in [-0.2, 0) is 11.2 Å². The highest BCUT2D eigenvalue weighted by Gasteiger charge is 2.29. The average Bonchev–Trinajstić information content (AvgIpc) is 2.88. The van der Waals surface area contributed by atoms with Crippen molar-refractivity contribution < 1.29 is 4.79 Å². The summed E-state index contributed by atoms with van der Waals surface area (Å²) in [4.78, 5) is 17.5. The van der Waals surface area contributed by atoms with E-state index in [4.69, 9.17) is 5.73 Å². The standard InChI is InChI=1S/C21H33N3O/c22-20-11-4-10-19(17-20)21(25)24-14-6-13-23(15-16-24)12-5-9-18-7-2-1-3-8-18/h1-3,7-8,19-20H,4-6,9-17,22H2/t19-,20-/m0/s1. The summed E-state index contributed by atoms with van der Waals surface area (Å²) in [6.45, 7) is 5.06. The maximum absolute atomic E-state index is 12.8. The van der Waals surface area contributed by atoms with Crippen molar-refractivity contribution >= 4 is 5.91 Å². The summed E-state index contributed by atoms with van der Waals surface area (Å²) in [5.41, 5.74) is 7.49. The number of carbonyl (C=O) groups excluding carboxylic acids is 1. The lowest BCUT2D eigenvalue weighted by molar-refractivity contribution is -0.136. The van der Waals surface area contributed by atoms with Crippen molar-refractivity contribution in [1.29, 1.82) is 0 Å². The molecule has 1 heterocycles. The molecule has 1 saturated carbocycles. The van der Waals surface area contributed by atoms with Crippen molar-refractivity contribution in [3.63, 3.8) is 0 Å². The lowest BCUT2D eigenvalue weighted by atomic mass is 9.85. The molecule has 1 aliphatic heterocycles. The molecule has 1 aromatic rings. The van der Waals surface area contributed by atoms with Crippen LogP contribution >= 0.6 is 0 Å². The predicted octanol–water partition coefficient (Wildman–Crippen LogP) is 2.67. The summed E-state index contributed by atoms with van der Waals surface area (Å²) < 4.78 is 0. The van der Waals surface area contributed by atoms with Crippen molar-refractivity contribution in [3.8, 4) is 0 Å². The van der Waals surface area contributed by atoms with Gasteiger partial charge in [0, 0.05) is 31.6 Å². The Morgan fingerprint density at radius 1 is 1.04 bits per heavy atom. The van der Waals surface area contributed by atoms with E-state index in [2.05, 4.69) is 40.1 Å². The number of hydrogen-bond donors (Lipinski definition) is 1. The molecule has 4 nitrogen and oxygen atoms in total. The first-order chi connectivity index (χ1) is 12.2. The molecule has 25 heavy (non-hydrogen) atoms. The molecule has 0 aromatic heterocycles. The second kappa shape index (κ2) is 9.35. The zero-order chi connectivity index (χ0) is 17.5. The van der Waals surface area contributed by atoms with Gasteiger partial charge in [-0.15, -0.1) is 0 Å². The van der Waals surface area contributed by atoms with Crippen LogP contribution in [0.2, 0.25) is 0 Å². The van der Waals surface area contributed by atoms with E-state index in [1.165, 1.54) is 12.0 Å². The molecule has 2 fully saturated rings. The molecular weight excluding hydrogens is 310 g/mol. The van der Waals surface area contributed by atoms with Crippen LogP contribution in [-0.4, -0.2) is 54.5 Å². The minimum absolute atomic E-state index is 0.174. The van der Waals surface area contributed by atoms with E-state index in [0.717, 1.165) is 71.2 Å². The number of rotatable bonds is 5. The lowest BCUT2D eigenvalue weighted by Crippen LogP contribution is -2.42. The van der Waals surface area contributed by atoms with Crippen LogP contribution in [0, 0.1) is 5.92 Å². The molecule has 138 valence electrons. The van der Waals surface area contributed by atoms with Gasteiger partial charge in [0.15, 0.2) is 0 Å². The lowest BCUT2D eigenvalue weighted by Gasteiger charge is -2.31. The fourth-order valence-electron chi connectivity index (χ4n) is 4.28. The fraction of sp³-hybridized carbons (Fsp3) is 0.667. The maximum Gasteiger partial charge on any atom is 0.225 e. The SMILES string of the molecule is N[C@H]1CCC[C@H](C(=O)N2CCCN(CCCc3ccccc3)CC2)C1. The van der Waals surface area contributed by atoms with Crippen molar-refractivity contribution in [1.82, 2.24) is 9.80 Å².